The van der Waals surface area contributed by atoms with Crippen LogP contribution in [0.3, 0.4) is 0 Å². The maximum atomic E-state index is 13.5. The SMILES string of the molecule is C/C(=N/OCc1nc2c3c(ncn2n1)OC1=C(C(=O)CC(C)(C)C1)[C@@H]3c1ccccc1)c1ccc(C)cc1. The van der Waals surface area contributed by atoms with Crippen molar-refractivity contribution in [1.82, 2.24) is 19.6 Å². The summed E-state index contributed by atoms with van der Waals surface area (Å²) in [7, 11) is 0. The zero-order valence-corrected chi connectivity index (χ0v) is 21.9. The Labute approximate surface area is 221 Å². The lowest BCUT2D eigenvalue weighted by Gasteiger charge is -2.37. The van der Waals surface area contributed by atoms with Crippen LogP contribution in [-0.4, -0.2) is 31.1 Å². The van der Waals surface area contributed by atoms with E-state index in [1.54, 1.807) is 10.8 Å². The summed E-state index contributed by atoms with van der Waals surface area (Å²) in [6.07, 6.45) is 2.73. The van der Waals surface area contributed by atoms with Crippen LogP contribution in [0.25, 0.3) is 5.65 Å². The van der Waals surface area contributed by atoms with Gasteiger partial charge in [0.15, 0.2) is 23.9 Å². The fraction of sp³-hybridized carbons (Fsp3) is 0.300. The summed E-state index contributed by atoms with van der Waals surface area (Å²) in [6.45, 7) is 8.23. The topological polar surface area (TPSA) is 91.0 Å². The molecule has 0 saturated carbocycles. The molecule has 2 aromatic heterocycles. The number of fused-ring (bicyclic) bond motifs is 3. The summed E-state index contributed by atoms with van der Waals surface area (Å²) in [4.78, 5) is 28.5. The third kappa shape index (κ3) is 4.36. The van der Waals surface area contributed by atoms with Gasteiger partial charge in [-0.2, -0.15) is 0 Å². The fourth-order valence-electron chi connectivity index (χ4n) is 5.26. The number of nitrogens with zero attached hydrogens (tertiary/aromatic N) is 5. The van der Waals surface area contributed by atoms with Crippen LogP contribution >= 0.6 is 0 Å². The van der Waals surface area contributed by atoms with Gasteiger partial charge in [0.1, 0.15) is 12.1 Å². The van der Waals surface area contributed by atoms with Crippen molar-refractivity contribution in [2.75, 3.05) is 0 Å². The zero-order chi connectivity index (χ0) is 26.4. The molecule has 3 heterocycles. The van der Waals surface area contributed by atoms with E-state index >= 15 is 0 Å². The molecule has 0 fully saturated rings. The number of rotatable bonds is 5. The van der Waals surface area contributed by atoms with Crippen molar-refractivity contribution in [2.24, 2.45) is 10.6 Å². The molecule has 0 saturated heterocycles. The molecule has 6 rings (SSSR count). The Kier molecular flexibility index (Phi) is 5.82. The summed E-state index contributed by atoms with van der Waals surface area (Å²) in [5.41, 5.74) is 5.79. The molecule has 0 amide bonds. The van der Waals surface area contributed by atoms with Gasteiger partial charge in [-0.25, -0.2) is 14.5 Å². The van der Waals surface area contributed by atoms with Gasteiger partial charge in [-0.15, -0.1) is 5.10 Å². The standard InChI is InChI=1S/C30H29N5O3/c1-18-10-12-20(13-11-18)19(2)34-37-16-24-32-28-27-25(21-8-6-5-7-9-21)26-22(36)14-30(3,4)15-23(26)38-29(27)31-17-35(28)33-24/h5-13,17,25H,14-16H2,1-4H3/b34-19-/t25-/m0/s1. The number of Topliss-reactive ketones (excluding diaryl/α,β-unsaturated/α-hetero) is 1. The maximum absolute atomic E-state index is 13.5. The number of aromatic nitrogens is 4. The summed E-state index contributed by atoms with van der Waals surface area (Å²) in [5.74, 6) is 1.39. The first-order valence-corrected chi connectivity index (χ1v) is 12.8. The molecule has 1 aliphatic heterocycles. The third-order valence-corrected chi connectivity index (χ3v) is 7.10. The van der Waals surface area contributed by atoms with E-state index in [0.717, 1.165) is 22.4 Å². The van der Waals surface area contributed by atoms with Crippen molar-refractivity contribution >= 4 is 17.1 Å². The van der Waals surface area contributed by atoms with Gasteiger partial charge in [0, 0.05) is 24.3 Å². The van der Waals surface area contributed by atoms with E-state index in [0.29, 0.717) is 41.5 Å². The number of benzene rings is 2. The molecule has 1 aliphatic carbocycles. The molecule has 192 valence electrons. The molecule has 0 bridgehead atoms. The first-order chi connectivity index (χ1) is 18.3. The molecule has 0 unspecified atom stereocenters. The molecular weight excluding hydrogens is 478 g/mol. The highest BCUT2D eigenvalue weighted by molar-refractivity contribution is 6.00. The quantitative estimate of drug-likeness (QED) is 0.260. The van der Waals surface area contributed by atoms with Crippen molar-refractivity contribution < 1.29 is 14.4 Å². The van der Waals surface area contributed by atoms with Gasteiger partial charge in [-0.1, -0.05) is 79.2 Å². The number of hydrogen-bond acceptors (Lipinski definition) is 7. The number of allylic oxidation sites excluding steroid dienone is 2. The average molecular weight is 508 g/mol. The molecule has 4 aromatic rings. The Morgan fingerprint density at radius 1 is 1.13 bits per heavy atom. The number of aryl methyl sites for hydroxylation is 1. The van der Waals surface area contributed by atoms with Crippen LogP contribution in [0.2, 0.25) is 0 Å². The monoisotopic (exact) mass is 507 g/mol. The third-order valence-electron chi connectivity index (χ3n) is 7.10. The Morgan fingerprint density at radius 2 is 1.89 bits per heavy atom. The van der Waals surface area contributed by atoms with E-state index in [9.17, 15) is 4.79 Å². The van der Waals surface area contributed by atoms with E-state index in [1.165, 1.54) is 5.56 Å². The van der Waals surface area contributed by atoms with E-state index in [4.69, 9.17) is 14.6 Å². The summed E-state index contributed by atoms with van der Waals surface area (Å²) >= 11 is 0. The van der Waals surface area contributed by atoms with Crippen LogP contribution < -0.4 is 4.74 Å². The van der Waals surface area contributed by atoms with Gasteiger partial charge >= 0.3 is 0 Å². The van der Waals surface area contributed by atoms with E-state index in [1.807, 2.05) is 68.4 Å². The lowest BCUT2D eigenvalue weighted by Crippen LogP contribution is -2.33. The zero-order valence-electron chi connectivity index (χ0n) is 21.9. The second-order valence-electron chi connectivity index (χ2n) is 10.8. The predicted octanol–water partition coefficient (Wildman–Crippen LogP) is 5.54. The van der Waals surface area contributed by atoms with Crippen molar-refractivity contribution in [1.29, 1.82) is 0 Å². The summed E-state index contributed by atoms with van der Waals surface area (Å²) < 4.78 is 7.92. The van der Waals surface area contributed by atoms with Crippen LogP contribution in [0.4, 0.5) is 0 Å². The highest BCUT2D eigenvalue weighted by Crippen LogP contribution is 2.50. The van der Waals surface area contributed by atoms with Gasteiger partial charge in [0.05, 0.1) is 11.3 Å². The van der Waals surface area contributed by atoms with Crippen molar-refractivity contribution in [3.63, 3.8) is 0 Å². The number of ether oxygens (including phenoxy) is 1. The number of oxime groups is 1. The Balaban J connectivity index is 1.37. The number of ketones is 1. The van der Waals surface area contributed by atoms with Crippen LogP contribution in [0, 0.1) is 12.3 Å². The van der Waals surface area contributed by atoms with Crippen molar-refractivity contribution in [3.05, 3.63) is 100 Å². The minimum absolute atomic E-state index is 0.0948. The molecule has 1 atom stereocenters. The fourth-order valence-corrected chi connectivity index (χ4v) is 5.26. The molecule has 0 N–H and O–H groups in total. The normalized spacial score (nSPS) is 18.7. The smallest absolute Gasteiger partial charge is 0.228 e. The Bertz CT molecular complexity index is 1600. The molecule has 8 heteroatoms. The number of hydrogen-bond donors (Lipinski definition) is 0. The number of carbonyl (C=O) groups is 1. The molecule has 8 nitrogen and oxygen atoms in total. The van der Waals surface area contributed by atoms with Gasteiger partial charge in [0.2, 0.25) is 5.88 Å². The average Bonchev–Trinajstić information content (AvgIpc) is 3.31. The molecule has 38 heavy (non-hydrogen) atoms. The second-order valence-corrected chi connectivity index (χ2v) is 10.8. The lowest BCUT2D eigenvalue weighted by molar-refractivity contribution is -0.118. The van der Waals surface area contributed by atoms with E-state index < -0.39 is 0 Å². The molecule has 0 spiro atoms. The van der Waals surface area contributed by atoms with Crippen molar-refractivity contribution in [3.8, 4) is 5.88 Å². The summed E-state index contributed by atoms with van der Waals surface area (Å²) in [5, 5.41) is 8.82. The maximum Gasteiger partial charge on any atom is 0.228 e. The van der Waals surface area contributed by atoms with Gasteiger partial charge < -0.3 is 9.57 Å². The van der Waals surface area contributed by atoms with Crippen LogP contribution in [0.15, 0.2) is 77.4 Å². The number of carbonyl (C=O) groups excluding carboxylic acids is 1. The van der Waals surface area contributed by atoms with Gasteiger partial charge in [-0.3, -0.25) is 4.79 Å². The second kappa shape index (κ2) is 9.20. The lowest BCUT2D eigenvalue weighted by atomic mass is 9.70. The minimum atomic E-state index is -0.338. The molecular formula is C30H29N5O3. The van der Waals surface area contributed by atoms with E-state index in [-0.39, 0.29) is 23.7 Å². The first-order valence-electron chi connectivity index (χ1n) is 12.8. The van der Waals surface area contributed by atoms with Gasteiger partial charge in [0.25, 0.3) is 0 Å². The van der Waals surface area contributed by atoms with E-state index in [2.05, 4.69) is 29.1 Å². The van der Waals surface area contributed by atoms with Crippen molar-refractivity contribution in [2.45, 2.75) is 53.1 Å². The molecule has 0 radical (unpaired) electrons. The minimum Gasteiger partial charge on any atom is -0.442 e. The molecule has 2 aromatic carbocycles. The van der Waals surface area contributed by atoms with Crippen LogP contribution in [0.5, 0.6) is 5.88 Å². The Morgan fingerprint density at radius 3 is 2.66 bits per heavy atom. The van der Waals surface area contributed by atoms with Gasteiger partial charge in [-0.05, 0) is 30.4 Å². The largest absolute Gasteiger partial charge is 0.442 e. The Hall–Kier alpha value is -4.33. The van der Waals surface area contributed by atoms with Crippen LogP contribution in [0.1, 0.15) is 67.6 Å². The highest BCUT2D eigenvalue weighted by atomic mass is 16.6. The molecule has 2 aliphatic rings. The first kappa shape index (κ1) is 24.0. The predicted molar refractivity (Wildman–Crippen MR) is 143 cm³/mol. The summed E-state index contributed by atoms with van der Waals surface area (Å²) in [6, 6.07) is 18.1. The highest BCUT2D eigenvalue weighted by Gasteiger charge is 2.43. The van der Waals surface area contributed by atoms with Crippen LogP contribution in [-0.2, 0) is 16.2 Å².